The monoisotopic (exact) mass is 252 g/mol. The van der Waals surface area contributed by atoms with Crippen LogP contribution in [0.25, 0.3) is 0 Å². The van der Waals surface area contributed by atoms with Crippen LogP contribution >= 0.6 is 0 Å². The fourth-order valence-electron chi connectivity index (χ4n) is 1.30. The molecule has 0 saturated carbocycles. The molecule has 0 aliphatic rings. The first kappa shape index (κ1) is 13.8. The molecule has 6 heteroatoms. The van der Waals surface area contributed by atoms with E-state index in [0.29, 0.717) is 0 Å². The Morgan fingerprint density at radius 1 is 1.16 bits per heavy atom. The van der Waals surface area contributed by atoms with Gasteiger partial charge in [0.25, 0.3) is 0 Å². The molecular formula is C13H8N4O2. The number of ether oxygens (including phenoxy) is 1. The third-order valence-corrected chi connectivity index (χ3v) is 2.18. The molecule has 0 fully saturated rings. The Morgan fingerprint density at radius 2 is 1.79 bits per heavy atom. The van der Waals surface area contributed by atoms with Crippen molar-refractivity contribution in [1.29, 1.82) is 15.8 Å². The molecule has 1 aromatic carbocycles. The molecular weight excluding hydrogens is 244 g/mol. The molecule has 0 radical (unpaired) electrons. The smallest absolute Gasteiger partial charge is 0.339 e. The van der Waals surface area contributed by atoms with Gasteiger partial charge in [0.2, 0.25) is 0 Å². The van der Waals surface area contributed by atoms with Gasteiger partial charge in [0.1, 0.15) is 23.9 Å². The molecule has 0 aliphatic heterocycles. The Kier molecular flexibility index (Phi) is 4.66. The summed E-state index contributed by atoms with van der Waals surface area (Å²) in [6, 6.07) is 11.2. The summed E-state index contributed by atoms with van der Waals surface area (Å²) in [5.41, 5.74) is -0.0922. The summed E-state index contributed by atoms with van der Waals surface area (Å²) in [5, 5.41) is 28.9. The zero-order valence-electron chi connectivity index (χ0n) is 9.97. The maximum atomic E-state index is 11.5. The summed E-state index contributed by atoms with van der Waals surface area (Å²) in [4.78, 5) is 11.5. The van der Waals surface area contributed by atoms with Crippen molar-refractivity contribution in [3.8, 4) is 18.2 Å². The summed E-state index contributed by atoms with van der Waals surface area (Å²) in [5.74, 6) is -0.587. The Morgan fingerprint density at radius 3 is 2.32 bits per heavy atom. The highest BCUT2D eigenvalue weighted by molar-refractivity contribution is 5.96. The van der Waals surface area contributed by atoms with E-state index in [1.807, 2.05) is 0 Å². The van der Waals surface area contributed by atoms with E-state index in [0.717, 1.165) is 0 Å². The van der Waals surface area contributed by atoms with E-state index >= 15 is 0 Å². The number of rotatable bonds is 3. The number of methoxy groups -OCH3 is 1. The fourth-order valence-corrected chi connectivity index (χ4v) is 1.30. The predicted octanol–water partition coefficient (Wildman–Crippen LogP) is 1.71. The molecule has 92 valence electrons. The molecule has 0 heterocycles. The van der Waals surface area contributed by atoms with Gasteiger partial charge in [-0.05, 0) is 12.1 Å². The Bertz CT molecular complexity index is 640. The number of para-hydroxylation sites is 1. The van der Waals surface area contributed by atoms with Crippen LogP contribution in [0.15, 0.2) is 35.5 Å². The van der Waals surface area contributed by atoms with Crippen molar-refractivity contribution in [3.05, 3.63) is 41.1 Å². The number of hydrogen-bond acceptors (Lipinski definition) is 6. The molecule has 1 aromatic rings. The summed E-state index contributed by atoms with van der Waals surface area (Å²) in [6.07, 6.45) is 0. The van der Waals surface area contributed by atoms with Crippen LogP contribution in [0.5, 0.6) is 0 Å². The van der Waals surface area contributed by atoms with Gasteiger partial charge in [0.05, 0.1) is 18.4 Å². The first-order valence-corrected chi connectivity index (χ1v) is 5.06. The van der Waals surface area contributed by atoms with E-state index in [2.05, 4.69) is 10.1 Å². The van der Waals surface area contributed by atoms with Gasteiger partial charge in [-0.2, -0.15) is 15.8 Å². The minimum atomic E-state index is -0.587. The quantitative estimate of drug-likeness (QED) is 0.647. The summed E-state index contributed by atoms with van der Waals surface area (Å²) < 4.78 is 4.60. The van der Waals surface area contributed by atoms with E-state index in [9.17, 15) is 4.79 Å². The lowest BCUT2D eigenvalue weighted by Crippen LogP contribution is -2.08. The van der Waals surface area contributed by atoms with Crippen molar-refractivity contribution in [1.82, 2.24) is 0 Å². The summed E-state index contributed by atoms with van der Waals surface area (Å²) >= 11 is 0. The molecule has 0 unspecified atom stereocenters. The second kappa shape index (κ2) is 6.44. The first-order valence-electron chi connectivity index (χ1n) is 5.06. The number of allylic oxidation sites excluding steroid dienone is 2. The maximum absolute atomic E-state index is 11.5. The van der Waals surface area contributed by atoms with Crippen LogP contribution in [0.4, 0.5) is 5.69 Å². The summed E-state index contributed by atoms with van der Waals surface area (Å²) in [7, 11) is 1.23. The number of carbonyl (C=O) groups is 1. The second-order valence-electron chi connectivity index (χ2n) is 3.25. The van der Waals surface area contributed by atoms with Crippen LogP contribution in [0.3, 0.4) is 0 Å². The molecule has 6 nitrogen and oxygen atoms in total. The third-order valence-electron chi connectivity index (χ3n) is 2.18. The van der Waals surface area contributed by atoms with Crippen LogP contribution in [0.2, 0.25) is 0 Å². The van der Waals surface area contributed by atoms with Crippen LogP contribution in [0.1, 0.15) is 10.4 Å². The minimum absolute atomic E-state index is 0.202. The lowest BCUT2D eigenvalue weighted by Gasteiger charge is -2.09. The van der Waals surface area contributed by atoms with Gasteiger partial charge in [-0.25, -0.2) is 4.79 Å². The van der Waals surface area contributed by atoms with Gasteiger partial charge >= 0.3 is 5.97 Å². The zero-order valence-corrected chi connectivity index (χ0v) is 9.97. The van der Waals surface area contributed by atoms with Gasteiger partial charge in [-0.15, -0.1) is 0 Å². The number of hydrogen-bond donors (Lipinski definition) is 1. The van der Waals surface area contributed by atoms with E-state index in [-0.39, 0.29) is 22.5 Å². The van der Waals surface area contributed by atoms with E-state index in [1.165, 1.54) is 19.2 Å². The van der Waals surface area contributed by atoms with Crippen LogP contribution in [0, 0.1) is 34.0 Å². The molecule has 0 aliphatic carbocycles. The summed E-state index contributed by atoms with van der Waals surface area (Å²) in [6.45, 7) is 0. The highest BCUT2D eigenvalue weighted by atomic mass is 16.5. The number of nitriles is 3. The molecule has 0 aromatic heterocycles. The van der Waals surface area contributed by atoms with Crippen LogP contribution in [-0.4, -0.2) is 13.1 Å². The van der Waals surface area contributed by atoms with Gasteiger partial charge < -0.3 is 10.1 Å². The molecule has 0 bridgehead atoms. The molecule has 1 N–H and O–H groups in total. The van der Waals surface area contributed by atoms with Gasteiger partial charge in [-0.1, -0.05) is 12.1 Å². The van der Waals surface area contributed by atoms with Crippen molar-refractivity contribution in [3.63, 3.8) is 0 Å². The van der Waals surface area contributed by atoms with Crippen molar-refractivity contribution in [2.24, 2.45) is 0 Å². The van der Waals surface area contributed by atoms with E-state index < -0.39 is 5.97 Å². The van der Waals surface area contributed by atoms with Crippen molar-refractivity contribution in [2.75, 3.05) is 12.4 Å². The molecule has 0 amide bonds. The Balaban J connectivity index is 3.25. The largest absolute Gasteiger partial charge is 0.465 e. The van der Waals surface area contributed by atoms with E-state index in [1.54, 1.807) is 30.3 Å². The molecule has 0 spiro atoms. The van der Waals surface area contributed by atoms with Crippen LogP contribution < -0.4 is 5.32 Å². The van der Waals surface area contributed by atoms with Crippen LogP contribution in [-0.2, 0) is 4.74 Å². The molecule has 0 saturated heterocycles. The third kappa shape index (κ3) is 3.09. The minimum Gasteiger partial charge on any atom is -0.465 e. The average molecular weight is 252 g/mol. The standard InChI is InChI=1S/C13H8N4O2/c1-19-13(18)10-4-2-3-5-11(10)17-12(8-16)9(6-14)7-15/h2-5,17H,1H3. The number of nitrogens with zero attached hydrogens (tertiary/aromatic N) is 3. The predicted molar refractivity (Wildman–Crippen MR) is 65.3 cm³/mol. The SMILES string of the molecule is COC(=O)c1ccccc1NC(C#N)=C(C#N)C#N. The van der Waals surface area contributed by atoms with Gasteiger partial charge in [0.15, 0.2) is 5.57 Å². The molecule has 1 rings (SSSR count). The Labute approximate surface area is 109 Å². The first-order chi connectivity index (χ1) is 9.17. The number of anilines is 1. The van der Waals surface area contributed by atoms with Gasteiger partial charge in [0, 0.05) is 0 Å². The highest BCUT2D eigenvalue weighted by Gasteiger charge is 2.13. The topological polar surface area (TPSA) is 110 Å². The highest BCUT2D eigenvalue weighted by Crippen LogP contribution is 2.18. The van der Waals surface area contributed by atoms with Crippen molar-refractivity contribution in [2.45, 2.75) is 0 Å². The maximum Gasteiger partial charge on any atom is 0.339 e. The lowest BCUT2D eigenvalue weighted by molar-refractivity contribution is 0.0602. The Hall–Kier alpha value is -3.30. The number of esters is 1. The number of nitrogens with one attached hydrogen (secondary N) is 1. The zero-order chi connectivity index (χ0) is 14.3. The second-order valence-corrected chi connectivity index (χ2v) is 3.25. The normalized spacial score (nSPS) is 8.32. The molecule has 19 heavy (non-hydrogen) atoms. The van der Waals surface area contributed by atoms with Crippen molar-refractivity contribution >= 4 is 11.7 Å². The number of benzene rings is 1. The van der Waals surface area contributed by atoms with Gasteiger partial charge in [-0.3, -0.25) is 0 Å². The molecule has 0 atom stereocenters. The average Bonchev–Trinajstić information content (AvgIpc) is 2.47. The van der Waals surface area contributed by atoms with E-state index in [4.69, 9.17) is 15.8 Å². The number of carbonyl (C=O) groups excluding carboxylic acids is 1. The lowest BCUT2D eigenvalue weighted by atomic mass is 10.1. The van der Waals surface area contributed by atoms with Crippen molar-refractivity contribution < 1.29 is 9.53 Å². The fraction of sp³-hybridized carbons (Fsp3) is 0.0769.